The van der Waals surface area contributed by atoms with Crippen LogP contribution in [0.25, 0.3) is 0 Å². The molecule has 154 valence electrons. The van der Waals surface area contributed by atoms with Gasteiger partial charge in [-0.3, -0.25) is 9.69 Å². The van der Waals surface area contributed by atoms with Gasteiger partial charge < -0.3 is 19.5 Å². The lowest BCUT2D eigenvalue weighted by Crippen LogP contribution is -2.56. The van der Waals surface area contributed by atoms with Crippen molar-refractivity contribution in [2.45, 2.75) is 37.3 Å². The molecule has 0 aromatic heterocycles. The lowest BCUT2D eigenvalue weighted by atomic mass is 9.66. The van der Waals surface area contributed by atoms with Crippen LogP contribution >= 0.6 is 0 Å². The summed E-state index contributed by atoms with van der Waals surface area (Å²) in [7, 11) is 3.02. The van der Waals surface area contributed by atoms with Crippen LogP contribution in [0.1, 0.15) is 25.3 Å². The van der Waals surface area contributed by atoms with Gasteiger partial charge in [0.1, 0.15) is 5.75 Å². The van der Waals surface area contributed by atoms with Gasteiger partial charge in [-0.25, -0.2) is 4.79 Å². The fourth-order valence-corrected chi connectivity index (χ4v) is 5.93. The second-order valence-electron chi connectivity index (χ2n) is 8.51. The minimum absolute atomic E-state index is 0.0255. The number of carbonyl (C=O) groups is 2. The summed E-state index contributed by atoms with van der Waals surface area (Å²) in [5.41, 5.74) is 1.88. The maximum absolute atomic E-state index is 13.3. The van der Waals surface area contributed by atoms with Crippen molar-refractivity contribution in [3.8, 4) is 5.75 Å². The minimum Gasteiger partial charge on any atom is -0.497 e. The van der Waals surface area contributed by atoms with Crippen molar-refractivity contribution >= 4 is 17.6 Å². The molecule has 0 aliphatic carbocycles. The molecule has 4 unspecified atom stereocenters. The van der Waals surface area contributed by atoms with E-state index in [1.54, 1.807) is 13.4 Å². The number of esters is 1. The number of piperidine rings is 1. The molecular formula is C22H26N2O5. The van der Waals surface area contributed by atoms with E-state index in [2.05, 4.69) is 17.1 Å². The standard InChI is InChI=1S/C22H26N2O5/c1-12-15-10-24-7-6-22(17-5-4-13(27-2)8-18(17)23-21(22)26)19(24)9-14(15)16(11-29-12)20(25)28-3/h4-5,8,11-12,14-15,19H,6-7,9-10H2,1-3H3,(H,23,26)/t12?,14?,15?,19?,22-/m0/s1. The number of carbonyl (C=O) groups excluding carboxylic acids is 2. The van der Waals surface area contributed by atoms with Crippen LogP contribution in [0.4, 0.5) is 5.69 Å². The zero-order chi connectivity index (χ0) is 20.3. The average Bonchev–Trinajstić information content (AvgIpc) is 3.25. The predicted octanol–water partition coefficient (Wildman–Crippen LogP) is 2.07. The summed E-state index contributed by atoms with van der Waals surface area (Å²) in [5, 5.41) is 3.09. The highest BCUT2D eigenvalue weighted by Crippen LogP contribution is 2.54. The van der Waals surface area contributed by atoms with E-state index >= 15 is 0 Å². The molecular weight excluding hydrogens is 372 g/mol. The van der Waals surface area contributed by atoms with Crippen LogP contribution < -0.4 is 10.1 Å². The lowest BCUT2D eigenvalue weighted by molar-refractivity contribution is -0.139. The number of methoxy groups -OCH3 is 2. The Bertz CT molecular complexity index is 912. The third-order valence-electron chi connectivity index (χ3n) is 7.44. The summed E-state index contributed by atoms with van der Waals surface area (Å²) in [4.78, 5) is 28.1. The maximum Gasteiger partial charge on any atom is 0.337 e. The Labute approximate surface area is 170 Å². The second-order valence-corrected chi connectivity index (χ2v) is 8.51. The summed E-state index contributed by atoms with van der Waals surface area (Å²) in [6.07, 6.45) is 3.11. The monoisotopic (exact) mass is 398 g/mol. The number of anilines is 1. The quantitative estimate of drug-likeness (QED) is 0.769. The molecule has 0 bridgehead atoms. The molecule has 1 amide bonds. The number of nitrogens with one attached hydrogen (secondary N) is 1. The summed E-state index contributed by atoms with van der Waals surface area (Å²) in [5.74, 6) is 0.676. The van der Waals surface area contributed by atoms with E-state index in [1.807, 2.05) is 18.2 Å². The van der Waals surface area contributed by atoms with Gasteiger partial charge in [-0.05, 0) is 37.9 Å². The summed E-state index contributed by atoms with van der Waals surface area (Å²) in [6.45, 7) is 3.72. The number of fused-ring (bicyclic) bond motifs is 5. The molecule has 7 heteroatoms. The highest BCUT2D eigenvalue weighted by atomic mass is 16.5. The first kappa shape index (κ1) is 18.5. The Morgan fingerprint density at radius 2 is 2.17 bits per heavy atom. The van der Waals surface area contributed by atoms with E-state index in [0.29, 0.717) is 5.57 Å². The molecule has 29 heavy (non-hydrogen) atoms. The van der Waals surface area contributed by atoms with Gasteiger partial charge in [-0.15, -0.1) is 0 Å². The van der Waals surface area contributed by atoms with Crippen LogP contribution in [0.5, 0.6) is 5.75 Å². The Balaban J connectivity index is 1.54. The van der Waals surface area contributed by atoms with Crippen molar-refractivity contribution < 1.29 is 23.8 Å². The van der Waals surface area contributed by atoms with Crippen molar-refractivity contribution in [3.05, 3.63) is 35.6 Å². The van der Waals surface area contributed by atoms with Crippen LogP contribution in [0.15, 0.2) is 30.0 Å². The molecule has 1 spiro atoms. The van der Waals surface area contributed by atoms with Crippen molar-refractivity contribution in [3.63, 3.8) is 0 Å². The van der Waals surface area contributed by atoms with Gasteiger partial charge >= 0.3 is 5.97 Å². The van der Waals surface area contributed by atoms with Crippen molar-refractivity contribution in [2.24, 2.45) is 11.8 Å². The van der Waals surface area contributed by atoms with E-state index in [4.69, 9.17) is 14.2 Å². The highest BCUT2D eigenvalue weighted by molar-refractivity contribution is 6.07. The number of amides is 1. The van der Waals surface area contributed by atoms with E-state index in [9.17, 15) is 9.59 Å². The number of hydrogen-bond acceptors (Lipinski definition) is 6. The number of rotatable bonds is 2. The number of hydrogen-bond donors (Lipinski definition) is 1. The SMILES string of the molecule is COC(=O)C1=COC(C)C2CN3CC[C@@]4(C(=O)Nc5cc(OC)ccc54)C3CC12. The molecule has 5 atom stereocenters. The molecule has 4 aliphatic rings. The third-order valence-corrected chi connectivity index (χ3v) is 7.44. The summed E-state index contributed by atoms with van der Waals surface area (Å²) in [6, 6.07) is 5.88. The van der Waals surface area contributed by atoms with Gasteiger partial charge in [-0.2, -0.15) is 0 Å². The average molecular weight is 398 g/mol. The first-order valence-electron chi connectivity index (χ1n) is 10.2. The number of benzene rings is 1. The van der Waals surface area contributed by atoms with E-state index in [0.717, 1.165) is 42.9 Å². The topological polar surface area (TPSA) is 77.1 Å². The van der Waals surface area contributed by atoms with E-state index in [-0.39, 0.29) is 35.9 Å². The van der Waals surface area contributed by atoms with E-state index < -0.39 is 5.41 Å². The highest BCUT2D eigenvalue weighted by Gasteiger charge is 2.61. The number of ether oxygens (including phenoxy) is 3. The van der Waals surface area contributed by atoms with Crippen LogP contribution in [0.2, 0.25) is 0 Å². The summed E-state index contributed by atoms with van der Waals surface area (Å²) < 4.78 is 16.1. The van der Waals surface area contributed by atoms with Crippen LogP contribution in [-0.2, 0) is 24.5 Å². The molecule has 1 aromatic rings. The van der Waals surface area contributed by atoms with Gasteiger partial charge in [0.05, 0.1) is 37.6 Å². The van der Waals surface area contributed by atoms with Crippen LogP contribution in [0.3, 0.4) is 0 Å². The molecule has 0 radical (unpaired) electrons. The van der Waals surface area contributed by atoms with Gasteiger partial charge in [0.15, 0.2) is 0 Å². The van der Waals surface area contributed by atoms with Gasteiger partial charge in [-0.1, -0.05) is 6.07 Å². The fraction of sp³-hybridized carbons (Fsp3) is 0.545. The van der Waals surface area contributed by atoms with Crippen LogP contribution in [-0.4, -0.2) is 56.2 Å². The minimum atomic E-state index is -0.588. The molecule has 5 rings (SSSR count). The Kier molecular flexibility index (Phi) is 4.13. The molecule has 0 saturated carbocycles. The predicted molar refractivity (Wildman–Crippen MR) is 106 cm³/mol. The van der Waals surface area contributed by atoms with Crippen molar-refractivity contribution in [2.75, 3.05) is 32.6 Å². The van der Waals surface area contributed by atoms with Crippen molar-refractivity contribution in [1.29, 1.82) is 0 Å². The van der Waals surface area contributed by atoms with Gasteiger partial charge in [0, 0.05) is 36.2 Å². The van der Waals surface area contributed by atoms with E-state index in [1.165, 1.54) is 7.11 Å². The zero-order valence-corrected chi connectivity index (χ0v) is 16.9. The Morgan fingerprint density at radius 1 is 1.34 bits per heavy atom. The largest absolute Gasteiger partial charge is 0.497 e. The molecule has 7 nitrogen and oxygen atoms in total. The summed E-state index contributed by atoms with van der Waals surface area (Å²) >= 11 is 0. The molecule has 2 saturated heterocycles. The lowest BCUT2D eigenvalue weighted by Gasteiger charge is -2.48. The first-order chi connectivity index (χ1) is 14.0. The maximum atomic E-state index is 13.3. The zero-order valence-electron chi connectivity index (χ0n) is 16.9. The van der Waals surface area contributed by atoms with Gasteiger partial charge in [0.2, 0.25) is 5.91 Å². The second kappa shape index (κ2) is 6.49. The normalized spacial score (nSPS) is 35.1. The Hall–Kier alpha value is -2.54. The number of nitrogens with zero attached hydrogens (tertiary/aromatic N) is 1. The smallest absolute Gasteiger partial charge is 0.337 e. The molecule has 1 aromatic carbocycles. The molecule has 4 aliphatic heterocycles. The van der Waals surface area contributed by atoms with Crippen LogP contribution in [0, 0.1) is 11.8 Å². The fourth-order valence-electron chi connectivity index (χ4n) is 5.93. The first-order valence-corrected chi connectivity index (χ1v) is 10.2. The molecule has 1 N–H and O–H groups in total. The molecule has 4 heterocycles. The van der Waals surface area contributed by atoms with Gasteiger partial charge in [0.25, 0.3) is 0 Å². The molecule has 2 fully saturated rings. The van der Waals surface area contributed by atoms with Crippen molar-refractivity contribution in [1.82, 2.24) is 4.90 Å². The third kappa shape index (κ3) is 2.46. The Morgan fingerprint density at radius 3 is 2.93 bits per heavy atom.